The Labute approximate surface area is 412 Å². The predicted molar refractivity (Wildman–Crippen MR) is 288 cm³/mol. The van der Waals surface area contributed by atoms with Gasteiger partial charge in [-0.25, -0.2) is 0 Å². The molecule has 67 heavy (non-hydrogen) atoms. The number of unbranched alkanes of at least 4 members (excludes halogenated alkanes) is 25. The van der Waals surface area contributed by atoms with E-state index in [1.165, 1.54) is 109 Å². The maximum absolute atomic E-state index is 12.8. The molecular weight excluding hydrogens is 829 g/mol. The third-order valence-corrected chi connectivity index (χ3v) is 11.5. The van der Waals surface area contributed by atoms with Gasteiger partial charge in [0.1, 0.15) is 13.2 Å². The number of esters is 3. The first-order valence-electron chi connectivity index (χ1n) is 27.5. The smallest absolute Gasteiger partial charge is 0.306 e. The van der Waals surface area contributed by atoms with Crippen molar-refractivity contribution in [1.82, 2.24) is 0 Å². The normalized spacial score (nSPS) is 12.9. The van der Waals surface area contributed by atoms with Crippen LogP contribution in [0.15, 0.2) is 109 Å². The minimum atomic E-state index is -0.801. The summed E-state index contributed by atoms with van der Waals surface area (Å²) < 4.78 is 16.8. The highest BCUT2D eigenvalue weighted by molar-refractivity contribution is 5.71. The van der Waals surface area contributed by atoms with Gasteiger partial charge in [0.25, 0.3) is 0 Å². The topological polar surface area (TPSA) is 78.9 Å². The summed E-state index contributed by atoms with van der Waals surface area (Å²) in [5.74, 6) is -0.949. The van der Waals surface area contributed by atoms with E-state index in [2.05, 4.69) is 57.2 Å². The van der Waals surface area contributed by atoms with Crippen LogP contribution in [0.5, 0.6) is 0 Å². The number of allylic oxidation sites excluding steroid dienone is 18. The van der Waals surface area contributed by atoms with E-state index in [0.29, 0.717) is 19.3 Å². The van der Waals surface area contributed by atoms with Crippen molar-refractivity contribution in [3.63, 3.8) is 0 Å². The van der Waals surface area contributed by atoms with Gasteiger partial charge in [-0.3, -0.25) is 14.4 Å². The molecule has 0 heterocycles. The monoisotopic (exact) mass is 929 g/mol. The van der Waals surface area contributed by atoms with Crippen LogP contribution in [0.4, 0.5) is 0 Å². The molecule has 1 unspecified atom stereocenters. The van der Waals surface area contributed by atoms with Gasteiger partial charge in [0.2, 0.25) is 0 Å². The first kappa shape index (κ1) is 63.1. The van der Waals surface area contributed by atoms with Crippen LogP contribution in [0.1, 0.15) is 239 Å². The first-order valence-corrected chi connectivity index (χ1v) is 27.5. The lowest BCUT2D eigenvalue weighted by Crippen LogP contribution is -2.30. The lowest BCUT2D eigenvalue weighted by atomic mass is 10.0. The summed E-state index contributed by atoms with van der Waals surface area (Å²) in [5, 5.41) is 0. The van der Waals surface area contributed by atoms with Crippen LogP contribution in [-0.4, -0.2) is 37.2 Å². The van der Waals surface area contributed by atoms with Crippen LogP contribution in [-0.2, 0) is 28.6 Å². The molecule has 0 aliphatic rings. The van der Waals surface area contributed by atoms with Gasteiger partial charge >= 0.3 is 17.9 Å². The second-order valence-electron chi connectivity index (χ2n) is 17.9. The molecule has 0 radical (unpaired) electrons. The van der Waals surface area contributed by atoms with E-state index in [1.807, 2.05) is 72.9 Å². The summed E-state index contributed by atoms with van der Waals surface area (Å²) in [7, 11) is 0. The lowest BCUT2D eigenvalue weighted by molar-refractivity contribution is -0.167. The van der Waals surface area contributed by atoms with Crippen LogP contribution in [0, 0.1) is 0 Å². The van der Waals surface area contributed by atoms with Crippen molar-refractivity contribution in [1.29, 1.82) is 0 Å². The minimum absolute atomic E-state index is 0.0972. The van der Waals surface area contributed by atoms with E-state index >= 15 is 0 Å². The highest BCUT2D eigenvalue weighted by Gasteiger charge is 2.19. The summed E-state index contributed by atoms with van der Waals surface area (Å²) >= 11 is 0. The minimum Gasteiger partial charge on any atom is -0.462 e. The molecule has 380 valence electrons. The Balaban J connectivity index is 4.49. The van der Waals surface area contributed by atoms with Crippen molar-refractivity contribution >= 4 is 17.9 Å². The van der Waals surface area contributed by atoms with Crippen molar-refractivity contribution in [2.75, 3.05) is 13.2 Å². The molecule has 0 bridgehead atoms. The molecule has 1 atom stereocenters. The number of carbonyl (C=O) groups is 3. The molecular formula is C61H100O6. The molecule has 0 aromatic carbocycles. The Morgan fingerprint density at radius 2 is 0.657 bits per heavy atom. The molecule has 0 aliphatic heterocycles. The fourth-order valence-corrected chi connectivity index (χ4v) is 7.40. The van der Waals surface area contributed by atoms with Gasteiger partial charge in [-0.1, -0.05) is 265 Å². The van der Waals surface area contributed by atoms with Crippen LogP contribution in [0.2, 0.25) is 0 Å². The van der Waals surface area contributed by atoms with Gasteiger partial charge in [-0.2, -0.15) is 0 Å². The summed E-state index contributed by atoms with van der Waals surface area (Å²) in [4.78, 5) is 38.1. The number of hydrogen-bond acceptors (Lipinski definition) is 6. The molecule has 0 fully saturated rings. The van der Waals surface area contributed by atoms with E-state index in [4.69, 9.17) is 14.2 Å². The second kappa shape index (κ2) is 54.7. The molecule has 0 saturated heterocycles. The summed E-state index contributed by atoms with van der Waals surface area (Å²) in [6.07, 6.45) is 73.5. The molecule has 0 saturated carbocycles. The van der Waals surface area contributed by atoms with Gasteiger partial charge in [-0.05, 0) is 64.2 Å². The SMILES string of the molecule is CC\C=C/C=C\C=C/C=C\C=C\C=C/C=C\CCCCCC(=O)OCC(COC(=O)CCCCCCCCC/C=C\C/C=C\CC)OC(=O)CCCCCCCCCCCCCCCCCC. The summed E-state index contributed by atoms with van der Waals surface area (Å²) in [6.45, 7) is 6.35. The van der Waals surface area contributed by atoms with Gasteiger partial charge < -0.3 is 14.2 Å². The van der Waals surface area contributed by atoms with Gasteiger partial charge in [0, 0.05) is 19.3 Å². The largest absolute Gasteiger partial charge is 0.462 e. The third kappa shape index (κ3) is 52.9. The molecule has 6 nitrogen and oxygen atoms in total. The zero-order valence-corrected chi connectivity index (χ0v) is 43.4. The van der Waals surface area contributed by atoms with E-state index in [9.17, 15) is 14.4 Å². The van der Waals surface area contributed by atoms with E-state index < -0.39 is 6.10 Å². The summed E-state index contributed by atoms with van der Waals surface area (Å²) in [5.41, 5.74) is 0. The van der Waals surface area contributed by atoms with Crippen LogP contribution in [0.3, 0.4) is 0 Å². The van der Waals surface area contributed by atoms with Crippen molar-refractivity contribution in [2.45, 2.75) is 245 Å². The number of ether oxygens (including phenoxy) is 3. The standard InChI is InChI=1S/C61H100O6/c1-4-7-10-13-16-19-22-25-28-30-31-32-34-36-39-42-45-48-51-54-60(63)66-57-58(56-65-59(62)53-50-47-44-41-38-35-27-24-21-18-15-12-9-6-3)67-61(64)55-52-49-46-43-40-37-33-29-26-23-20-17-14-11-8-5-2/h7,9-10,12-13,16,18-19,21-22,25,28,30-32,34,36,39,58H,4-6,8,11,14-15,17,20,23-24,26-27,29,33,35,37-38,40-57H2,1-3H3/b10-7-,12-9-,16-13-,21-18-,22-19-,28-25-,31-30+,34-32-,39-36-. The highest BCUT2D eigenvalue weighted by atomic mass is 16.6. The van der Waals surface area contributed by atoms with Gasteiger partial charge in [-0.15, -0.1) is 0 Å². The maximum Gasteiger partial charge on any atom is 0.306 e. The van der Waals surface area contributed by atoms with Crippen molar-refractivity contribution in [3.05, 3.63) is 109 Å². The third-order valence-electron chi connectivity index (χ3n) is 11.5. The quantitative estimate of drug-likeness (QED) is 0.0199. The zero-order chi connectivity index (χ0) is 48.6. The Bertz CT molecular complexity index is 1390. The van der Waals surface area contributed by atoms with Crippen LogP contribution < -0.4 is 0 Å². The predicted octanol–water partition coefficient (Wildman–Crippen LogP) is 18.3. The fraction of sp³-hybridized carbons (Fsp3) is 0.656. The highest BCUT2D eigenvalue weighted by Crippen LogP contribution is 2.16. The summed E-state index contributed by atoms with van der Waals surface area (Å²) in [6, 6.07) is 0. The number of hydrogen-bond donors (Lipinski definition) is 0. The number of carbonyl (C=O) groups excluding carboxylic acids is 3. The molecule has 0 aliphatic carbocycles. The molecule has 0 aromatic heterocycles. The average molecular weight is 929 g/mol. The van der Waals surface area contributed by atoms with Crippen molar-refractivity contribution < 1.29 is 28.6 Å². The first-order chi connectivity index (χ1) is 33.0. The Morgan fingerprint density at radius 1 is 0.328 bits per heavy atom. The Hall–Kier alpha value is -3.93. The molecule has 0 aromatic rings. The van der Waals surface area contributed by atoms with Gasteiger partial charge in [0.05, 0.1) is 0 Å². The van der Waals surface area contributed by atoms with Gasteiger partial charge in [0.15, 0.2) is 6.10 Å². The van der Waals surface area contributed by atoms with Crippen LogP contribution >= 0.6 is 0 Å². The molecule has 0 spiro atoms. The second-order valence-corrected chi connectivity index (χ2v) is 17.9. The van der Waals surface area contributed by atoms with Crippen LogP contribution in [0.25, 0.3) is 0 Å². The average Bonchev–Trinajstić information content (AvgIpc) is 3.33. The fourth-order valence-electron chi connectivity index (χ4n) is 7.40. The molecule has 0 rings (SSSR count). The molecule has 0 amide bonds. The van der Waals surface area contributed by atoms with E-state index in [1.54, 1.807) is 0 Å². The van der Waals surface area contributed by atoms with E-state index in [0.717, 1.165) is 89.9 Å². The number of rotatable bonds is 48. The van der Waals surface area contributed by atoms with Crippen molar-refractivity contribution in [3.8, 4) is 0 Å². The zero-order valence-electron chi connectivity index (χ0n) is 43.4. The Kier molecular flexibility index (Phi) is 51.5. The van der Waals surface area contributed by atoms with E-state index in [-0.39, 0.29) is 31.1 Å². The maximum atomic E-state index is 12.8. The van der Waals surface area contributed by atoms with Crippen molar-refractivity contribution in [2.24, 2.45) is 0 Å². The Morgan fingerprint density at radius 3 is 1.09 bits per heavy atom. The molecule has 6 heteroatoms. The lowest BCUT2D eigenvalue weighted by Gasteiger charge is -2.18. The molecule has 0 N–H and O–H groups in total.